The second kappa shape index (κ2) is 5.87. The van der Waals surface area contributed by atoms with Gasteiger partial charge in [-0.2, -0.15) is 0 Å². The molecule has 1 aromatic heterocycles. The number of nitrogens with zero attached hydrogens (tertiary/aromatic N) is 2. The van der Waals surface area contributed by atoms with Gasteiger partial charge in [0.1, 0.15) is 10.7 Å². The summed E-state index contributed by atoms with van der Waals surface area (Å²) in [4.78, 5) is 14.9. The van der Waals surface area contributed by atoms with Crippen LogP contribution in [-0.2, 0) is 23.1 Å². The van der Waals surface area contributed by atoms with Crippen molar-refractivity contribution in [1.29, 1.82) is 0 Å². The van der Waals surface area contributed by atoms with Crippen LogP contribution in [0, 0.1) is 0 Å². The summed E-state index contributed by atoms with van der Waals surface area (Å²) in [7, 11) is 3.30. The SMILES string of the molecule is COC(=O)C(Br)CNCc1nccn1C. The maximum Gasteiger partial charge on any atom is 0.320 e. The number of ether oxygens (including phenoxy) is 1. The first-order chi connectivity index (χ1) is 7.15. The summed E-state index contributed by atoms with van der Waals surface area (Å²) in [5.41, 5.74) is 0. The molecule has 0 bridgehead atoms. The number of aryl methyl sites for hydroxylation is 1. The Morgan fingerprint density at radius 2 is 2.53 bits per heavy atom. The van der Waals surface area contributed by atoms with Crippen LogP contribution >= 0.6 is 15.9 Å². The molecule has 0 fully saturated rings. The van der Waals surface area contributed by atoms with Crippen molar-refractivity contribution in [2.75, 3.05) is 13.7 Å². The zero-order valence-electron chi connectivity index (χ0n) is 8.74. The molecule has 1 atom stereocenters. The van der Waals surface area contributed by atoms with Crippen LogP contribution in [0.5, 0.6) is 0 Å². The van der Waals surface area contributed by atoms with Gasteiger partial charge in [-0.3, -0.25) is 4.79 Å². The smallest absolute Gasteiger partial charge is 0.320 e. The lowest BCUT2D eigenvalue weighted by Crippen LogP contribution is -2.30. The lowest BCUT2D eigenvalue weighted by molar-refractivity contribution is -0.139. The summed E-state index contributed by atoms with van der Waals surface area (Å²) in [5.74, 6) is 0.655. The summed E-state index contributed by atoms with van der Waals surface area (Å²) in [6, 6.07) is 0. The Morgan fingerprint density at radius 1 is 1.80 bits per heavy atom. The molecule has 1 aromatic rings. The molecule has 0 aliphatic carbocycles. The van der Waals surface area contributed by atoms with Crippen molar-refractivity contribution >= 4 is 21.9 Å². The van der Waals surface area contributed by atoms with Crippen LogP contribution in [0.3, 0.4) is 0 Å². The van der Waals surface area contributed by atoms with Gasteiger partial charge in [0.15, 0.2) is 0 Å². The Labute approximate surface area is 97.0 Å². The minimum atomic E-state index is -0.317. The standard InChI is InChI=1S/C9H14BrN3O2/c1-13-4-3-12-8(13)6-11-5-7(10)9(14)15-2/h3-4,7,11H,5-6H2,1-2H3. The highest BCUT2D eigenvalue weighted by Gasteiger charge is 2.14. The van der Waals surface area contributed by atoms with Gasteiger partial charge in [0.05, 0.1) is 13.7 Å². The molecule has 0 aromatic carbocycles. The van der Waals surface area contributed by atoms with Gasteiger partial charge in [-0.1, -0.05) is 15.9 Å². The average Bonchev–Trinajstić information content (AvgIpc) is 2.63. The van der Waals surface area contributed by atoms with E-state index in [2.05, 4.69) is 31.0 Å². The Morgan fingerprint density at radius 3 is 3.07 bits per heavy atom. The van der Waals surface area contributed by atoms with E-state index < -0.39 is 0 Å². The Kier molecular flexibility index (Phi) is 4.77. The second-order valence-electron chi connectivity index (χ2n) is 3.08. The first kappa shape index (κ1) is 12.2. The summed E-state index contributed by atoms with van der Waals surface area (Å²) in [6.07, 6.45) is 3.62. The fourth-order valence-corrected chi connectivity index (χ4v) is 1.50. The molecular formula is C9H14BrN3O2. The van der Waals surface area contributed by atoms with Crippen LogP contribution in [0.15, 0.2) is 12.4 Å². The third kappa shape index (κ3) is 3.64. The molecule has 0 aliphatic rings. The number of nitrogens with one attached hydrogen (secondary N) is 1. The Hall–Kier alpha value is -0.880. The number of halogens is 1. The summed E-state index contributed by atoms with van der Waals surface area (Å²) in [6.45, 7) is 1.14. The molecule has 1 N–H and O–H groups in total. The Balaban J connectivity index is 2.28. The molecule has 0 saturated heterocycles. The number of carbonyl (C=O) groups is 1. The van der Waals surface area contributed by atoms with Crippen molar-refractivity contribution in [3.8, 4) is 0 Å². The molecule has 15 heavy (non-hydrogen) atoms. The van der Waals surface area contributed by atoms with Gasteiger partial charge in [0, 0.05) is 26.0 Å². The van der Waals surface area contributed by atoms with Crippen LogP contribution in [0.4, 0.5) is 0 Å². The van der Waals surface area contributed by atoms with Gasteiger partial charge in [0.2, 0.25) is 0 Å². The number of carbonyl (C=O) groups excluding carboxylic acids is 1. The van der Waals surface area contributed by atoms with Gasteiger partial charge >= 0.3 is 5.97 Å². The lowest BCUT2D eigenvalue weighted by atomic mass is 10.4. The minimum absolute atomic E-state index is 0.276. The quantitative estimate of drug-likeness (QED) is 0.626. The third-order valence-corrected chi connectivity index (χ3v) is 2.68. The fraction of sp³-hybridized carbons (Fsp3) is 0.556. The summed E-state index contributed by atoms with van der Waals surface area (Å²) >= 11 is 3.22. The largest absolute Gasteiger partial charge is 0.468 e. The van der Waals surface area contributed by atoms with Crippen molar-refractivity contribution in [2.45, 2.75) is 11.4 Å². The first-order valence-electron chi connectivity index (χ1n) is 4.54. The summed E-state index contributed by atoms with van der Waals surface area (Å²) in [5, 5.41) is 3.11. The summed E-state index contributed by atoms with van der Waals surface area (Å²) < 4.78 is 6.50. The van der Waals surface area contributed by atoms with Crippen molar-refractivity contribution < 1.29 is 9.53 Å². The maximum atomic E-state index is 11.0. The van der Waals surface area contributed by atoms with Crippen LogP contribution in [-0.4, -0.2) is 34.0 Å². The highest BCUT2D eigenvalue weighted by molar-refractivity contribution is 9.10. The highest BCUT2D eigenvalue weighted by Crippen LogP contribution is 2.00. The molecule has 84 valence electrons. The number of alkyl halides is 1. The van der Waals surface area contributed by atoms with Crippen LogP contribution in [0.1, 0.15) is 5.82 Å². The predicted molar refractivity (Wildman–Crippen MR) is 59.6 cm³/mol. The van der Waals surface area contributed by atoms with Crippen molar-refractivity contribution in [1.82, 2.24) is 14.9 Å². The lowest BCUT2D eigenvalue weighted by Gasteiger charge is -2.08. The van der Waals surface area contributed by atoms with E-state index in [1.807, 2.05) is 17.8 Å². The van der Waals surface area contributed by atoms with Gasteiger partial charge in [-0.25, -0.2) is 4.98 Å². The first-order valence-corrected chi connectivity index (χ1v) is 5.45. The number of imidazole rings is 1. The van der Waals surface area contributed by atoms with Crippen molar-refractivity contribution in [2.24, 2.45) is 7.05 Å². The zero-order chi connectivity index (χ0) is 11.3. The zero-order valence-corrected chi connectivity index (χ0v) is 10.3. The van der Waals surface area contributed by atoms with E-state index in [9.17, 15) is 4.79 Å². The fourth-order valence-electron chi connectivity index (χ4n) is 1.09. The highest BCUT2D eigenvalue weighted by atomic mass is 79.9. The number of rotatable bonds is 5. The molecule has 0 aliphatic heterocycles. The van der Waals surface area contributed by atoms with E-state index in [-0.39, 0.29) is 10.8 Å². The van der Waals surface area contributed by atoms with Gasteiger partial charge < -0.3 is 14.6 Å². The molecule has 0 saturated carbocycles. The van der Waals surface area contributed by atoms with Crippen LogP contribution < -0.4 is 5.32 Å². The second-order valence-corrected chi connectivity index (χ2v) is 4.18. The molecule has 0 spiro atoms. The third-order valence-electron chi connectivity index (χ3n) is 1.98. The number of esters is 1. The van der Waals surface area contributed by atoms with Gasteiger partial charge in [0.25, 0.3) is 0 Å². The topological polar surface area (TPSA) is 56.1 Å². The van der Waals surface area contributed by atoms with E-state index >= 15 is 0 Å². The Bertz CT molecular complexity index is 327. The van der Waals surface area contributed by atoms with Gasteiger partial charge in [-0.15, -0.1) is 0 Å². The molecular weight excluding hydrogens is 262 g/mol. The minimum Gasteiger partial charge on any atom is -0.468 e. The van der Waals surface area contributed by atoms with E-state index in [1.165, 1.54) is 7.11 Å². The van der Waals surface area contributed by atoms with Crippen LogP contribution in [0.25, 0.3) is 0 Å². The van der Waals surface area contributed by atoms with E-state index in [1.54, 1.807) is 6.20 Å². The number of hydrogen-bond donors (Lipinski definition) is 1. The number of aromatic nitrogens is 2. The van der Waals surface area contributed by atoms with E-state index in [4.69, 9.17) is 0 Å². The van der Waals surface area contributed by atoms with E-state index in [0.29, 0.717) is 13.1 Å². The number of methoxy groups -OCH3 is 1. The normalized spacial score (nSPS) is 12.5. The number of hydrogen-bond acceptors (Lipinski definition) is 4. The molecule has 5 nitrogen and oxygen atoms in total. The van der Waals surface area contributed by atoms with Crippen molar-refractivity contribution in [3.63, 3.8) is 0 Å². The van der Waals surface area contributed by atoms with E-state index in [0.717, 1.165) is 5.82 Å². The maximum absolute atomic E-state index is 11.0. The monoisotopic (exact) mass is 275 g/mol. The van der Waals surface area contributed by atoms with Gasteiger partial charge in [-0.05, 0) is 0 Å². The van der Waals surface area contributed by atoms with Crippen LogP contribution in [0.2, 0.25) is 0 Å². The molecule has 1 heterocycles. The predicted octanol–water partition coefficient (Wildman–Crippen LogP) is 0.446. The molecule has 0 amide bonds. The van der Waals surface area contributed by atoms with Crippen molar-refractivity contribution in [3.05, 3.63) is 18.2 Å². The molecule has 6 heteroatoms. The average molecular weight is 276 g/mol. The molecule has 1 unspecified atom stereocenters. The molecule has 0 radical (unpaired) electrons. The molecule has 1 rings (SSSR count).